The maximum atomic E-state index is 12.7. The molecule has 2 atom stereocenters. The van der Waals surface area contributed by atoms with Gasteiger partial charge in [-0.25, -0.2) is 8.42 Å². The Balaban J connectivity index is 1.72. The van der Waals surface area contributed by atoms with Gasteiger partial charge in [0.2, 0.25) is 15.9 Å². The zero-order valence-corrected chi connectivity index (χ0v) is 14.9. The number of amides is 1. The molecule has 3 fully saturated rings. The number of carbonyl (C=O) groups excluding carboxylic acids is 2. The van der Waals surface area contributed by atoms with Gasteiger partial charge in [0.05, 0.1) is 12.3 Å². The van der Waals surface area contributed by atoms with E-state index >= 15 is 0 Å². The zero-order chi connectivity index (χ0) is 17.0. The molecular weight excluding hydrogens is 316 g/mol. The Labute approximate surface area is 138 Å². The third-order valence-electron chi connectivity index (χ3n) is 6.35. The Kier molecular flexibility index (Phi) is 3.87. The summed E-state index contributed by atoms with van der Waals surface area (Å²) in [6, 6.07) is 0.211. The molecule has 3 saturated carbocycles. The van der Waals surface area contributed by atoms with Gasteiger partial charge in [-0.2, -0.15) is 4.31 Å². The summed E-state index contributed by atoms with van der Waals surface area (Å²) < 4.78 is 26.6. The first-order valence-corrected chi connectivity index (χ1v) is 9.96. The van der Waals surface area contributed by atoms with Crippen LogP contribution in [-0.4, -0.2) is 49.8 Å². The number of sulfonamides is 1. The number of Topliss-reactive ketones (excluding diaryl/α,β-unsaturated/α-hetero) is 1. The Morgan fingerprint density at radius 2 is 1.96 bits per heavy atom. The van der Waals surface area contributed by atoms with E-state index in [0.717, 1.165) is 23.6 Å². The zero-order valence-electron chi connectivity index (χ0n) is 14.1. The smallest absolute Gasteiger partial charge is 0.235 e. The quantitative estimate of drug-likeness (QED) is 0.778. The van der Waals surface area contributed by atoms with Crippen LogP contribution in [0, 0.1) is 16.7 Å². The minimum Gasteiger partial charge on any atom is -0.352 e. The van der Waals surface area contributed by atoms with Crippen LogP contribution >= 0.6 is 0 Å². The van der Waals surface area contributed by atoms with Crippen molar-refractivity contribution in [3.8, 4) is 0 Å². The van der Waals surface area contributed by atoms with Crippen LogP contribution in [0.5, 0.6) is 0 Å². The molecule has 0 heterocycles. The van der Waals surface area contributed by atoms with Gasteiger partial charge in [-0.15, -0.1) is 0 Å². The average Bonchev–Trinajstić information content (AvgIpc) is 3.17. The molecule has 0 aromatic carbocycles. The molecule has 0 spiro atoms. The number of likely N-dealkylation sites (N-methyl/N-ethyl adjacent to an activating group) is 1. The summed E-state index contributed by atoms with van der Waals surface area (Å²) >= 11 is 0. The summed E-state index contributed by atoms with van der Waals surface area (Å²) in [5.74, 6) is -0.0700. The van der Waals surface area contributed by atoms with E-state index in [1.165, 1.54) is 7.05 Å². The normalized spacial score (nSPS) is 32.5. The van der Waals surface area contributed by atoms with Crippen LogP contribution in [-0.2, 0) is 19.6 Å². The van der Waals surface area contributed by atoms with E-state index in [1.54, 1.807) is 0 Å². The fourth-order valence-electron chi connectivity index (χ4n) is 4.33. The summed E-state index contributed by atoms with van der Waals surface area (Å²) in [5, 5.41) is 2.80. The number of hydrogen-bond donors (Lipinski definition) is 1. The highest BCUT2D eigenvalue weighted by Gasteiger charge is 2.65. The minimum atomic E-state index is -3.65. The molecule has 0 aromatic rings. The van der Waals surface area contributed by atoms with Crippen molar-refractivity contribution in [1.82, 2.24) is 9.62 Å². The van der Waals surface area contributed by atoms with E-state index in [-0.39, 0.29) is 41.4 Å². The van der Waals surface area contributed by atoms with Gasteiger partial charge in [-0.3, -0.25) is 9.59 Å². The molecule has 0 saturated heterocycles. The summed E-state index contributed by atoms with van der Waals surface area (Å²) in [6.45, 7) is 3.86. The molecular formula is C16H26N2O4S. The van der Waals surface area contributed by atoms with Gasteiger partial charge in [0.1, 0.15) is 5.78 Å². The number of carbonyl (C=O) groups is 2. The predicted molar refractivity (Wildman–Crippen MR) is 86.1 cm³/mol. The average molecular weight is 342 g/mol. The lowest BCUT2D eigenvalue weighted by atomic mass is 9.70. The third kappa shape index (κ3) is 2.71. The molecule has 7 heteroatoms. The lowest BCUT2D eigenvalue weighted by molar-refractivity contribution is -0.128. The molecule has 1 N–H and O–H groups in total. The Morgan fingerprint density at radius 1 is 1.30 bits per heavy atom. The van der Waals surface area contributed by atoms with Gasteiger partial charge in [0.25, 0.3) is 0 Å². The summed E-state index contributed by atoms with van der Waals surface area (Å²) in [5.41, 5.74) is -1.06. The van der Waals surface area contributed by atoms with E-state index in [0.29, 0.717) is 12.8 Å². The SMILES string of the molecule is CN(CC(=O)NC1CC1)S(=O)(=O)C[C@@]12CC[C@@H](CC1=O)C2(C)C. The molecule has 0 aromatic heterocycles. The van der Waals surface area contributed by atoms with Crippen LogP contribution in [0.2, 0.25) is 0 Å². The van der Waals surface area contributed by atoms with Crippen molar-refractivity contribution in [3.05, 3.63) is 0 Å². The Bertz CT molecular complexity index is 638. The number of nitrogens with zero attached hydrogens (tertiary/aromatic N) is 1. The van der Waals surface area contributed by atoms with Crippen LogP contribution in [0.3, 0.4) is 0 Å². The molecule has 6 nitrogen and oxygen atoms in total. The molecule has 1 amide bonds. The van der Waals surface area contributed by atoms with Gasteiger partial charge in [-0.1, -0.05) is 13.8 Å². The lowest BCUT2D eigenvalue weighted by Gasteiger charge is -2.37. The molecule has 0 unspecified atom stereocenters. The highest BCUT2D eigenvalue weighted by molar-refractivity contribution is 7.89. The monoisotopic (exact) mass is 342 g/mol. The summed E-state index contributed by atoms with van der Waals surface area (Å²) in [7, 11) is -2.22. The van der Waals surface area contributed by atoms with Gasteiger partial charge < -0.3 is 5.32 Å². The topological polar surface area (TPSA) is 83.6 Å². The Morgan fingerprint density at radius 3 is 2.43 bits per heavy atom. The van der Waals surface area contributed by atoms with Crippen molar-refractivity contribution in [3.63, 3.8) is 0 Å². The molecule has 3 aliphatic carbocycles. The third-order valence-corrected chi connectivity index (χ3v) is 8.29. The van der Waals surface area contributed by atoms with Crippen LogP contribution in [0.15, 0.2) is 0 Å². The highest BCUT2D eigenvalue weighted by Crippen LogP contribution is 2.64. The number of rotatable bonds is 6. The standard InChI is InChI=1S/C16H26N2O4S/c1-15(2)11-6-7-16(15,13(19)8-11)10-23(21,22)18(3)9-14(20)17-12-4-5-12/h11-12H,4-10H2,1-3H3,(H,17,20)/t11-,16-/m0/s1. The summed E-state index contributed by atoms with van der Waals surface area (Å²) in [6.07, 6.45) is 3.99. The molecule has 0 aliphatic heterocycles. The molecule has 3 aliphatic rings. The van der Waals surface area contributed by atoms with Gasteiger partial charge >= 0.3 is 0 Å². The van der Waals surface area contributed by atoms with Crippen molar-refractivity contribution in [2.45, 2.75) is 52.0 Å². The van der Waals surface area contributed by atoms with Crippen LogP contribution in [0.4, 0.5) is 0 Å². The fourth-order valence-corrected chi connectivity index (χ4v) is 6.17. The van der Waals surface area contributed by atoms with Crippen LogP contribution < -0.4 is 5.32 Å². The first-order valence-electron chi connectivity index (χ1n) is 8.35. The maximum absolute atomic E-state index is 12.7. The van der Waals surface area contributed by atoms with Crippen molar-refractivity contribution in [2.24, 2.45) is 16.7 Å². The van der Waals surface area contributed by atoms with Gasteiger partial charge in [-0.05, 0) is 37.0 Å². The van der Waals surface area contributed by atoms with Crippen molar-refractivity contribution < 1.29 is 18.0 Å². The molecule has 130 valence electrons. The fraction of sp³-hybridized carbons (Fsp3) is 0.875. The predicted octanol–water partition coefficient (Wildman–Crippen LogP) is 0.922. The molecule has 2 bridgehead atoms. The number of nitrogens with one attached hydrogen (secondary N) is 1. The first-order chi connectivity index (χ1) is 10.6. The van der Waals surface area contributed by atoms with Crippen molar-refractivity contribution in [1.29, 1.82) is 0 Å². The number of ketones is 1. The maximum Gasteiger partial charge on any atom is 0.235 e. The largest absolute Gasteiger partial charge is 0.352 e. The van der Waals surface area contributed by atoms with Gasteiger partial charge in [0, 0.05) is 24.9 Å². The van der Waals surface area contributed by atoms with E-state index < -0.39 is 15.4 Å². The molecule has 23 heavy (non-hydrogen) atoms. The van der Waals surface area contributed by atoms with E-state index in [1.807, 2.05) is 13.8 Å². The number of fused-ring (bicyclic) bond motifs is 2. The summed E-state index contributed by atoms with van der Waals surface area (Å²) in [4.78, 5) is 24.3. The van der Waals surface area contributed by atoms with E-state index in [2.05, 4.69) is 5.32 Å². The van der Waals surface area contributed by atoms with E-state index in [4.69, 9.17) is 0 Å². The second-order valence-electron chi connectivity index (χ2n) is 8.02. The minimum absolute atomic E-state index is 0.0816. The lowest BCUT2D eigenvalue weighted by Crippen LogP contribution is -2.47. The van der Waals surface area contributed by atoms with Crippen molar-refractivity contribution >= 4 is 21.7 Å². The van der Waals surface area contributed by atoms with Gasteiger partial charge in [0.15, 0.2) is 0 Å². The first kappa shape index (κ1) is 16.9. The van der Waals surface area contributed by atoms with Crippen molar-refractivity contribution in [2.75, 3.05) is 19.3 Å². The Hall–Kier alpha value is -0.950. The van der Waals surface area contributed by atoms with E-state index in [9.17, 15) is 18.0 Å². The highest BCUT2D eigenvalue weighted by atomic mass is 32.2. The van der Waals surface area contributed by atoms with Crippen LogP contribution in [0.1, 0.15) is 46.0 Å². The second-order valence-corrected chi connectivity index (χ2v) is 10.1. The number of hydrogen-bond acceptors (Lipinski definition) is 4. The second kappa shape index (κ2) is 5.28. The molecule has 0 radical (unpaired) electrons. The van der Waals surface area contributed by atoms with Crippen LogP contribution in [0.25, 0.3) is 0 Å². The molecule has 3 rings (SSSR count).